The molecule has 0 amide bonds. The lowest BCUT2D eigenvalue weighted by molar-refractivity contribution is 0.511. The minimum atomic E-state index is 0.412. The monoisotopic (exact) mass is 267 g/mol. The Morgan fingerprint density at radius 2 is 1.50 bits per heavy atom. The molecule has 2 aromatic carbocycles. The van der Waals surface area contributed by atoms with Crippen molar-refractivity contribution in [2.75, 3.05) is 6.54 Å². The van der Waals surface area contributed by atoms with Crippen molar-refractivity contribution in [3.05, 3.63) is 71.8 Å². The Balaban J connectivity index is 2.00. The number of hydrogen-bond donors (Lipinski definition) is 1. The maximum absolute atomic E-state index is 3.72. The lowest BCUT2D eigenvalue weighted by Gasteiger charge is -2.19. The number of unbranched alkanes of at least 4 members (excludes halogenated alkanes) is 2. The van der Waals surface area contributed by atoms with Crippen LogP contribution in [0.25, 0.3) is 0 Å². The van der Waals surface area contributed by atoms with Crippen molar-refractivity contribution < 1.29 is 0 Å². The molecule has 106 valence electrons. The Morgan fingerprint density at radius 3 is 2.15 bits per heavy atom. The Hall–Kier alpha value is -1.60. The molecule has 0 aliphatic carbocycles. The van der Waals surface area contributed by atoms with Crippen LogP contribution in [0.4, 0.5) is 0 Å². The van der Waals surface area contributed by atoms with Crippen molar-refractivity contribution >= 4 is 0 Å². The van der Waals surface area contributed by atoms with Crippen molar-refractivity contribution in [3.63, 3.8) is 0 Å². The van der Waals surface area contributed by atoms with Crippen molar-refractivity contribution in [3.8, 4) is 0 Å². The average Bonchev–Trinajstić information content (AvgIpc) is 2.52. The SMILES string of the molecule is CCCCCNC(Cc1ccccc1)c1ccccc1. The molecule has 0 bridgehead atoms. The molecular weight excluding hydrogens is 242 g/mol. The lowest BCUT2D eigenvalue weighted by Crippen LogP contribution is -2.24. The third-order valence-corrected chi connectivity index (χ3v) is 3.66. The summed E-state index contributed by atoms with van der Waals surface area (Å²) in [6.45, 7) is 3.35. The molecule has 1 nitrogen and oxygen atoms in total. The van der Waals surface area contributed by atoms with Crippen LogP contribution in [0.5, 0.6) is 0 Å². The molecule has 0 radical (unpaired) electrons. The van der Waals surface area contributed by atoms with Gasteiger partial charge in [-0.3, -0.25) is 0 Å². The highest BCUT2D eigenvalue weighted by Gasteiger charge is 2.10. The molecule has 0 saturated carbocycles. The van der Waals surface area contributed by atoms with Crippen molar-refractivity contribution in [1.82, 2.24) is 5.32 Å². The zero-order chi connectivity index (χ0) is 14.0. The van der Waals surface area contributed by atoms with Gasteiger partial charge in [0.1, 0.15) is 0 Å². The fraction of sp³-hybridized carbons (Fsp3) is 0.368. The predicted molar refractivity (Wildman–Crippen MR) is 86.9 cm³/mol. The van der Waals surface area contributed by atoms with E-state index in [9.17, 15) is 0 Å². The van der Waals surface area contributed by atoms with Gasteiger partial charge in [-0.2, -0.15) is 0 Å². The highest BCUT2D eigenvalue weighted by Crippen LogP contribution is 2.18. The van der Waals surface area contributed by atoms with Crippen LogP contribution in [-0.4, -0.2) is 6.54 Å². The fourth-order valence-electron chi connectivity index (χ4n) is 2.49. The Morgan fingerprint density at radius 1 is 0.850 bits per heavy atom. The van der Waals surface area contributed by atoms with Gasteiger partial charge in [-0.05, 0) is 30.5 Å². The van der Waals surface area contributed by atoms with E-state index in [1.165, 1.54) is 30.4 Å². The summed E-state index contributed by atoms with van der Waals surface area (Å²) in [6, 6.07) is 21.9. The van der Waals surface area contributed by atoms with E-state index < -0.39 is 0 Å². The highest BCUT2D eigenvalue weighted by molar-refractivity contribution is 5.23. The normalized spacial score (nSPS) is 12.2. The zero-order valence-corrected chi connectivity index (χ0v) is 12.4. The van der Waals surface area contributed by atoms with E-state index in [0.717, 1.165) is 13.0 Å². The number of benzene rings is 2. The fourth-order valence-corrected chi connectivity index (χ4v) is 2.49. The van der Waals surface area contributed by atoms with Gasteiger partial charge >= 0.3 is 0 Å². The summed E-state index contributed by atoms with van der Waals surface area (Å²) < 4.78 is 0. The largest absolute Gasteiger partial charge is 0.310 e. The molecule has 20 heavy (non-hydrogen) atoms. The first kappa shape index (κ1) is 14.8. The second kappa shape index (κ2) is 8.55. The van der Waals surface area contributed by atoms with Crippen LogP contribution >= 0.6 is 0 Å². The summed E-state index contributed by atoms with van der Waals surface area (Å²) in [7, 11) is 0. The number of rotatable bonds is 8. The van der Waals surface area contributed by atoms with Crippen molar-refractivity contribution in [2.45, 2.75) is 38.6 Å². The van der Waals surface area contributed by atoms with Gasteiger partial charge in [-0.15, -0.1) is 0 Å². The third kappa shape index (κ3) is 4.82. The molecule has 0 spiro atoms. The first-order valence-corrected chi connectivity index (χ1v) is 7.72. The van der Waals surface area contributed by atoms with Gasteiger partial charge in [0.15, 0.2) is 0 Å². The van der Waals surface area contributed by atoms with Gasteiger partial charge in [-0.25, -0.2) is 0 Å². The third-order valence-electron chi connectivity index (χ3n) is 3.66. The van der Waals surface area contributed by atoms with Crippen molar-refractivity contribution in [2.24, 2.45) is 0 Å². The van der Waals surface area contributed by atoms with E-state index in [4.69, 9.17) is 0 Å². The van der Waals surface area contributed by atoms with Crippen molar-refractivity contribution in [1.29, 1.82) is 0 Å². The van der Waals surface area contributed by atoms with Gasteiger partial charge < -0.3 is 5.32 Å². The smallest absolute Gasteiger partial charge is 0.0360 e. The molecule has 0 fully saturated rings. The summed E-state index contributed by atoms with van der Waals surface area (Å²) in [4.78, 5) is 0. The molecule has 1 heteroatoms. The second-order valence-corrected chi connectivity index (χ2v) is 5.31. The molecule has 1 N–H and O–H groups in total. The Kier molecular flexibility index (Phi) is 6.33. The van der Waals surface area contributed by atoms with Crippen LogP contribution in [0.3, 0.4) is 0 Å². The summed E-state index contributed by atoms with van der Waals surface area (Å²) in [5, 5.41) is 3.72. The molecule has 0 aromatic heterocycles. The lowest BCUT2D eigenvalue weighted by atomic mass is 9.98. The van der Waals surface area contributed by atoms with Crippen LogP contribution in [0, 0.1) is 0 Å². The Bertz CT molecular complexity index is 464. The second-order valence-electron chi connectivity index (χ2n) is 5.31. The average molecular weight is 267 g/mol. The van der Waals surface area contributed by atoms with Gasteiger partial charge in [0.05, 0.1) is 0 Å². The van der Waals surface area contributed by atoms with Gasteiger partial charge in [0.25, 0.3) is 0 Å². The summed E-state index contributed by atoms with van der Waals surface area (Å²) in [5.74, 6) is 0. The van der Waals surface area contributed by atoms with Crippen LogP contribution in [0.2, 0.25) is 0 Å². The zero-order valence-electron chi connectivity index (χ0n) is 12.4. The van der Waals surface area contributed by atoms with E-state index >= 15 is 0 Å². The van der Waals surface area contributed by atoms with Gasteiger partial charge in [-0.1, -0.05) is 80.4 Å². The maximum atomic E-state index is 3.72. The number of hydrogen-bond acceptors (Lipinski definition) is 1. The van der Waals surface area contributed by atoms with Crippen LogP contribution in [-0.2, 0) is 6.42 Å². The maximum Gasteiger partial charge on any atom is 0.0360 e. The molecule has 1 atom stereocenters. The quantitative estimate of drug-likeness (QED) is 0.681. The molecule has 2 rings (SSSR count). The summed E-state index contributed by atoms with van der Waals surface area (Å²) >= 11 is 0. The summed E-state index contributed by atoms with van der Waals surface area (Å²) in [6.07, 6.45) is 4.89. The Labute approximate surface area is 123 Å². The molecule has 0 saturated heterocycles. The van der Waals surface area contributed by atoms with Crippen LogP contribution < -0.4 is 5.32 Å². The topological polar surface area (TPSA) is 12.0 Å². The highest BCUT2D eigenvalue weighted by atomic mass is 14.9. The van der Waals surface area contributed by atoms with E-state index in [0.29, 0.717) is 6.04 Å². The van der Waals surface area contributed by atoms with E-state index in [1.54, 1.807) is 0 Å². The molecule has 0 aliphatic rings. The van der Waals surface area contributed by atoms with E-state index in [-0.39, 0.29) is 0 Å². The van der Waals surface area contributed by atoms with Crippen LogP contribution in [0.15, 0.2) is 60.7 Å². The van der Waals surface area contributed by atoms with E-state index in [1.807, 2.05) is 0 Å². The molecule has 1 unspecified atom stereocenters. The van der Waals surface area contributed by atoms with Gasteiger partial charge in [0.2, 0.25) is 0 Å². The molecule has 2 aromatic rings. The first-order chi connectivity index (χ1) is 9.90. The first-order valence-electron chi connectivity index (χ1n) is 7.72. The standard InChI is InChI=1S/C19H25N/c1-2-3-10-15-20-19(18-13-8-5-9-14-18)16-17-11-6-4-7-12-17/h4-9,11-14,19-20H,2-3,10,15-16H2,1H3. The van der Waals surface area contributed by atoms with Crippen LogP contribution in [0.1, 0.15) is 43.4 Å². The summed E-state index contributed by atoms with van der Waals surface area (Å²) in [5.41, 5.74) is 2.78. The molecule has 0 heterocycles. The molecule has 0 aliphatic heterocycles. The minimum absolute atomic E-state index is 0.412. The van der Waals surface area contributed by atoms with E-state index in [2.05, 4.69) is 72.9 Å². The van der Waals surface area contributed by atoms with Gasteiger partial charge in [0, 0.05) is 6.04 Å². The molecular formula is C19H25N. The minimum Gasteiger partial charge on any atom is -0.310 e. The number of nitrogens with one attached hydrogen (secondary N) is 1. The predicted octanol–water partition coefficient (Wildman–Crippen LogP) is 4.75.